The van der Waals surface area contributed by atoms with E-state index in [9.17, 15) is 0 Å². The molecule has 0 heterocycles. The van der Waals surface area contributed by atoms with Crippen LogP contribution in [0.2, 0.25) is 0 Å². The van der Waals surface area contributed by atoms with Crippen molar-refractivity contribution in [2.24, 2.45) is 0 Å². The normalized spacial score (nSPS) is 12.4. The maximum Gasteiger partial charge on any atom is 0.0929 e. The highest BCUT2D eigenvalue weighted by Gasteiger charge is 2.07. The average molecular weight is 374 g/mol. The first kappa shape index (κ1) is 15.3. The molecule has 4 heteroatoms. The highest BCUT2D eigenvalue weighted by Crippen LogP contribution is 2.31. The van der Waals surface area contributed by atoms with Crippen LogP contribution in [0.25, 0.3) is 0 Å². The third-order valence-corrected chi connectivity index (χ3v) is 5.90. The quantitative estimate of drug-likeness (QED) is 0.451. The van der Waals surface area contributed by atoms with E-state index in [4.69, 9.17) is 11.6 Å². The molecule has 0 bridgehead atoms. The van der Waals surface area contributed by atoms with Crippen molar-refractivity contribution in [3.05, 3.63) is 58.6 Å². The van der Waals surface area contributed by atoms with Gasteiger partial charge in [-0.1, -0.05) is 33.6 Å². The molecule has 0 N–H and O–H groups in total. The Morgan fingerprint density at radius 3 is 2.21 bits per heavy atom. The third kappa shape index (κ3) is 5.42. The van der Waals surface area contributed by atoms with Crippen molar-refractivity contribution in [3.63, 3.8) is 0 Å². The number of thioether (sulfide) groups is 2. The predicted octanol–water partition coefficient (Wildman–Crippen LogP) is 6.21. The third-order valence-electron chi connectivity index (χ3n) is 2.48. The molecule has 0 amide bonds. The molecule has 100 valence electrons. The lowest BCUT2D eigenvalue weighted by Gasteiger charge is -2.09. The first-order chi connectivity index (χ1) is 9.13. The Kier molecular flexibility index (Phi) is 6.14. The van der Waals surface area contributed by atoms with Gasteiger partial charge in [0.05, 0.1) is 4.71 Å². The lowest BCUT2D eigenvalue weighted by molar-refractivity contribution is 1.34. The van der Waals surface area contributed by atoms with Crippen LogP contribution in [0.5, 0.6) is 0 Å². The minimum Gasteiger partial charge on any atom is -0.124 e. The Balaban J connectivity index is 1.82. The van der Waals surface area contributed by atoms with E-state index < -0.39 is 0 Å². The minimum atomic E-state index is 0.0800. The standard InChI is InChI=1S/C15H14BrClS2/c1-11-2-6-14(7-3-11)19-15(17)10-18-13-8-4-12(16)5-9-13/h2-9,15H,10H2,1H3. The van der Waals surface area contributed by atoms with Gasteiger partial charge in [0.25, 0.3) is 0 Å². The summed E-state index contributed by atoms with van der Waals surface area (Å²) in [6, 6.07) is 16.8. The van der Waals surface area contributed by atoms with E-state index in [0.717, 1.165) is 10.2 Å². The van der Waals surface area contributed by atoms with Gasteiger partial charge in [-0.2, -0.15) is 0 Å². The maximum atomic E-state index is 6.37. The molecule has 0 radical (unpaired) electrons. The first-order valence-electron chi connectivity index (χ1n) is 5.89. The van der Waals surface area contributed by atoms with Gasteiger partial charge in [-0.15, -0.1) is 35.1 Å². The summed E-state index contributed by atoms with van der Waals surface area (Å²) in [4.78, 5) is 2.47. The van der Waals surface area contributed by atoms with Crippen LogP contribution in [0.1, 0.15) is 5.56 Å². The Bertz CT molecular complexity index is 511. The number of benzene rings is 2. The van der Waals surface area contributed by atoms with Gasteiger partial charge in [0, 0.05) is 20.0 Å². The molecule has 0 saturated carbocycles. The maximum absolute atomic E-state index is 6.37. The van der Waals surface area contributed by atoms with Gasteiger partial charge < -0.3 is 0 Å². The van der Waals surface area contributed by atoms with Crippen molar-refractivity contribution in [1.29, 1.82) is 0 Å². The summed E-state index contributed by atoms with van der Waals surface area (Å²) in [5.74, 6) is 0.891. The van der Waals surface area contributed by atoms with E-state index in [0.29, 0.717) is 0 Å². The van der Waals surface area contributed by atoms with E-state index >= 15 is 0 Å². The van der Waals surface area contributed by atoms with E-state index in [1.165, 1.54) is 15.4 Å². The molecule has 0 aliphatic rings. The summed E-state index contributed by atoms with van der Waals surface area (Å²) in [5.41, 5.74) is 1.28. The molecule has 0 aromatic heterocycles. The van der Waals surface area contributed by atoms with Gasteiger partial charge >= 0.3 is 0 Å². The zero-order chi connectivity index (χ0) is 13.7. The monoisotopic (exact) mass is 372 g/mol. The molecule has 1 atom stereocenters. The molecule has 2 rings (SSSR count). The zero-order valence-corrected chi connectivity index (χ0v) is 14.5. The predicted molar refractivity (Wildman–Crippen MR) is 91.5 cm³/mol. The van der Waals surface area contributed by atoms with Gasteiger partial charge in [0.15, 0.2) is 0 Å². The molecular formula is C15H14BrClS2. The van der Waals surface area contributed by atoms with Crippen molar-refractivity contribution >= 4 is 51.1 Å². The Hall–Kier alpha value is -0.0900. The summed E-state index contributed by atoms with van der Waals surface area (Å²) < 4.78 is 1.18. The average Bonchev–Trinajstić information content (AvgIpc) is 2.41. The van der Waals surface area contributed by atoms with Crippen LogP contribution in [0, 0.1) is 6.92 Å². The fourth-order valence-electron chi connectivity index (χ4n) is 1.49. The molecule has 2 aromatic carbocycles. The highest BCUT2D eigenvalue weighted by molar-refractivity contribution is 9.10. The van der Waals surface area contributed by atoms with Crippen molar-refractivity contribution in [3.8, 4) is 0 Å². The van der Waals surface area contributed by atoms with Crippen LogP contribution < -0.4 is 0 Å². The molecule has 0 saturated heterocycles. The number of hydrogen-bond donors (Lipinski definition) is 0. The second-order valence-electron chi connectivity index (χ2n) is 4.11. The SMILES string of the molecule is Cc1ccc(SC(Cl)CSc2ccc(Br)cc2)cc1. The van der Waals surface area contributed by atoms with Gasteiger partial charge in [0.2, 0.25) is 0 Å². The van der Waals surface area contributed by atoms with E-state index in [2.05, 4.69) is 71.4 Å². The number of halogens is 2. The molecule has 0 nitrogen and oxygen atoms in total. The van der Waals surface area contributed by atoms with Gasteiger partial charge in [-0.05, 0) is 43.3 Å². The van der Waals surface area contributed by atoms with Crippen LogP contribution in [-0.2, 0) is 0 Å². The molecule has 0 spiro atoms. The zero-order valence-electron chi connectivity index (χ0n) is 10.5. The Morgan fingerprint density at radius 2 is 1.58 bits per heavy atom. The molecular weight excluding hydrogens is 360 g/mol. The minimum absolute atomic E-state index is 0.0800. The smallest absolute Gasteiger partial charge is 0.0929 e. The number of alkyl halides is 1. The van der Waals surface area contributed by atoms with Crippen LogP contribution >= 0.6 is 51.1 Å². The van der Waals surface area contributed by atoms with Crippen LogP contribution in [0.15, 0.2) is 62.8 Å². The van der Waals surface area contributed by atoms with Crippen LogP contribution in [0.3, 0.4) is 0 Å². The van der Waals surface area contributed by atoms with Gasteiger partial charge in [-0.25, -0.2) is 0 Å². The highest BCUT2D eigenvalue weighted by atomic mass is 79.9. The Morgan fingerprint density at radius 1 is 1.00 bits per heavy atom. The van der Waals surface area contributed by atoms with E-state index in [1.807, 2.05) is 0 Å². The van der Waals surface area contributed by atoms with Crippen molar-refractivity contribution in [2.75, 3.05) is 5.75 Å². The fourth-order valence-corrected chi connectivity index (χ4v) is 3.97. The summed E-state index contributed by atoms with van der Waals surface area (Å²) in [5, 5.41) is 0. The topological polar surface area (TPSA) is 0 Å². The summed E-state index contributed by atoms with van der Waals surface area (Å²) >= 11 is 13.3. The number of rotatable bonds is 5. The van der Waals surface area contributed by atoms with E-state index in [1.54, 1.807) is 23.5 Å². The fraction of sp³-hybridized carbons (Fsp3) is 0.200. The van der Waals surface area contributed by atoms with Crippen molar-refractivity contribution in [2.45, 2.75) is 21.4 Å². The van der Waals surface area contributed by atoms with Crippen LogP contribution in [0.4, 0.5) is 0 Å². The van der Waals surface area contributed by atoms with Crippen molar-refractivity contribution in [1.82, 2.24) is 0 Å². The number of hydrogen-bond acceptors (Lipinski definition) is 2. The summed E-state index contributed by atoms with van der Waals surface area (Å²) in [6.45, 7) is 2.09. The van der Waals surface area contributed by atoms with Gasteiger partial charge in [0.1, 0.15) is 0 Å². The lowest BCUT2D eigenvalue weighted by atomic mass is 10.2. The molecule has 1 unspecified atom stereocenters. The second kappa shape index (κ2) is 7.63. The molecule has 2 aromatic rings. The largest absolute Gasteiger partial charge is 0.124 e. The lowest BCUT2D eigenvalue weighted by Crippen LogP contribution is -1.95. The van der Waals surface area contributed by atoms with Gasteiger partial charge in [-0.3, -0.25) is 0 Å². The molecule has 0 fully saturated rings. The molecule has 0 aliphatic heterocycles. The van der Waals surface area contributed by atoms with Crippen LogP contribution in [-0.4, -0.2) is 10.5 Å². The van der Waals surface area contributed by atoms with E-state index in [-0.39, 0.29) is 4.71 Å². The molecule has 19 heavy (non-hydrogen) atoms. The first-order valence-corrected chi connectivity index (χ1v) is 8.99. The summed E-state index contributed by atoms with van der Waals surface area (Å²) in [6.07, 6.45) is 0. The Labute approximate surface area is 136 Å². The molecule has 0 aliphatic carbocycles. The van der Waals surface area contributed by atoms with Crippen molar-refractivity contribution < 1.29 is 0 Å². The number of aryl methyl sites for hydroxylation is 1. The summed E-state index contributed by atoms with van der Waals surface area (Å²) in [7, 11) is 0. The second-order valence-corrected chi connectivity index (χ2v) is 8.18.